The van der Waals surface area contributed by atoms with Gasteiger partial charge in [-0.3, -0.25) is 0 Å². The van der Waals surface area contributed by atoms with Gasteiger partial charge in [-0.05, 0) is 63.5 Å². The first kappa shape index (κ1) is 38.4. The van der Waals surface area contributed by atoms with Crippen molar-refractivity contribution in [2.45, 2.75) is 88.9 Å². The molecule has 0 saturated carbocycles. The van der Waals surface area contributed by atoms with Crippen LogP contribution in [0.3, 0.4) is 0 Å². The number of hydrogen-bond donors (Lipinski definition) is 4. The third kappa shape index (κ3) is 13.8. The van der Waals surface area contributed by atoms with Crippen molar-refractivity contribution < 1.29 is 27.5 Å². The summed E-state index contributed by atoms with van der Waals surface area (Å²) in [6.45, 7) is 14.4. The van der Waals surface area contributed by atoms with Gasteiger partial charge in [-0.25, -0.2) is 37.0 Å². The molecule has 2 aromatic carbocycles. The Hall–Kier alpha value is -3.64. The molecule has 0 aliphatic carbocycles. The number of rotatable bonds is 16. The van der Waals surface area contributed by atoms with Crippen molar-refractivity contribution in [3.8, 4) is 0 Å². The Balaban J connectivity index is 0.000000440. The molecule has 0 saturated heterocycles. The monoisotopic (exact) mass is 648 g/mol. The van der Waals surface area contributed by atoms with Crippen molar-refractivity contribution in [2.75, 3.05) is 0 Å². The maximum atomic E-state index is 12.4. The van der Waals surface area contributed by atoms with Crippen LogP contribution in [-0.4, -0.2) is 31.1 Å². The van der Waals surface area contributed by atoms with Crippen LogP contribution in [0.2, 0.25) is 0 Å². The van der Waals surface area contributed by atoms with E-state index in [-0.39, 0.29) is 0 Å². The highest BCUT2D eigenvalue weighted by molar-refractivity contribution is 7.91. The minimum atomic E-state index is -3.24. The van der Waals surface area contributed by atoms with Gasteiger partial charge in [-0.15, -0.1) is 13.2 Å². The number of amides is 2. The Bertz CT molecular complexity index is 1280. The van der Waals surface area contributed by atoms with Crippen molar-refractivity contribution in [2.24, 2.45) is 0 Å². The summed E-state index contributed by atoms with van der Waals surface area (Å²) >= 11 is 0. The van der Waals surface area contributed by atoms with Gasteiger partial charge < -0.3 is 9.47 Å². The molecule has 0 bridgehead atoms. The quantitative estimate of drug-likeness (QED) is 0.134. The van der Waals surface area contributed by atoms with E-state index in [1.807, 2.05) is 74.5 Å². The summed E-state index contributed by atoms with van der Waals surface area (Å²) in [6.07, 6.45) is 4.36. The molecule has 2 rings (SSSR count). The van der Waals surface area contributed by atoms with Crippen LogP contribution in [0, 0.1) is 9.56 Å². The van der Waals surface area contributed by atoms with Gasteiger partial charge >= 0.3 is 12.2 Å². The molecule has 4 N–H and O–H groups in total. The molecule has 2 amide bonds. The lowest BCUT2D eigenvalue weighted by molar-refractivity contribution is 0.112. The SMILES string of the molecule is C=CCC[C@@H](CC)S(=N)(=O)NC(=O)O[C@@H](C)c1ccccc1.C=CCC[C@@H](CC)S(=N)(=O)NC(=O)O[C@@H](C)c1ccccc1. The summed E-state index contributed by atoms with van der Waals surface area (Å²) < 4.78 is 55.4. The van der Waals surface area contributed by atoms with E-state index in [2.05, 4.69) is 22.6 Å². The molecular weight excluding hydrogens is 601 g/mol. The summed E-state index contributed by atoms with van der Waals surface area (Å²) in [5.74, 6) is 0. The van der Waals surface area contributed by atoms with E-state index in [9.17, 15) is 18.0 Å². The first-order chi connectivity index (χ1) is 20.8. The summed E-state index contributed by atoms with van der Waals surface area (Å²) in [4.78, 5) is 23.8. The van der Waals surface area contributed by atoms with Crippen molar-refractivity contribution in [3.63, 3.8) is 0 Å². The van der Waals surface area contributed by atoms with Crippen LogP contribution in [-0.2, 0) is 29.3 Å². The summed E-state index contributed by atoms with van der Waals surface area (Å²) in [7, 11) is -6.49. The Morgan fingerprint density at radius 1 is 0.727 bits per heavy atom. The second-order valence-electron chi connectivity index (χ2n) is 10.1. The van der Waals surface area contributed by atoms with Crippen LogP contribution in [0.15, 0.2) is 86.0 Å². The molecule has 44 heavy (non-hydrogen) atoms. The molecule has 0 heterocycles. The van der Waals surface area contributed by atoms with Crippen molar-refractivity contribution in [3.05, 3.63) is 97.1 Å². The van der Waals surface area contributed by atoms with Crippen molar-refractivity contribution in [1.82, 2.24) is 9.44 Å². The third-order valence-corrected chi connectivity index (χ3v) is 10.8. The third-order valence-electron chi connectivity index (χ3n) is 6.81. The van der Waals surface area contributed by atoms with Gasteiger partial charge in [0.15, 0.2) is 0 Å². The Morgan fingerprint density at radius 2 is 1.05 bits per heavy atom. The summed E-state index contributed by atoms with van der Waals surface area (Å²) in [5, 5.41) is -0.824. The van der Waals surface area contributed by atoms with E-state index >= 15 is 0 Å². The smallest absolute Gasteiger partial charge is 0.420 e. The van der Waals surface area contributed by atoms with Gasteiger partial charge in [0.1, 0.15) is 32.0 Å². The normalized spacial score (nSPS) is 16.1. The minimum Gasteiger partial charge on any atom is -0.441 e. The Labute approximate surface area is 263 Å². The van der Waals surface area contributed by atoms with Gasteiger partial charge in [0.2, 0.25) is 0 Å². The average molecular weight is 649 g/mol. The van der Waals surface area contributed by atoms with Gasteiger partial charge in [0, 0.05) is 0 Å². The van der Waals surface area contributed by atoms with Crippen molar-refractivity contribution >= 4 is 32.0 Å². The molecule has 244 valence electrons. The maximum Gasteiger partial charge on any atom is 0.420 e. The lowest BCUT2D eigenvalue weighted by atomic mass is 10.1. The first-order valence-corrected chi connectivity index (χ1v) is 17.9. The number of ether oxygens (including phenoxy) is 2. The lowest BCUT2D eigenvalue weighted by Crippen LogP contribution is -2.37. The van der Waals surface area contributed by atoms with E-state index in [1.165, 1.54) is 0 Å². The van der Waals surface area contributed by atoms with Gasteiger partial charge in [-0.2, -0.15) is 0 Å². The minimum absolute atomic E-state index is 0.412. The number of hydrogen-bond acceptors (Lipinski definition) is 8. The Kier molecular flexibility index (Phi) is 17.1. The number of allylic oxidation sites excluding steroid dienone is 2. The van der Waals surface area contributed by atoms with Gasteiger partial charge in [0.05, 0.1) is 10.5 Å². The molecule has 0 spiro atoms. The molecule has 12 heteroatoms. The van der Waals surface area contributed by atoms with Crippen LogP contribution < -0.4 is 9.44 Å². The van der Waals surface area contributed by atoms with Crippen LogP contribution in [0.1, 0.15) is 89.6 Å². The van der Waals surface area contributed by atoms with E-state index < -0.39 is 54.7 Å². The molecule has 0 fully saturated rings. The zero-order valence-corrected chi connectivity index (χ0v) is 27.8. The van der Waals surface area contributed by atoms with E-state index in [0.29, 0.717) is 38.5 Å². The van der Waals surface area contributed by atoms with Crippen molar-refractivity contribution in [1.29, 1.82) is 9.56 Å². The fraction of sp³-hybridized carbons (Fsp3) is 0.438. The molecule has 0 aromatic heterocycles. The summed E-state index contributed by atoms with van der Waals surface area (Å²) in [6, 6.07) is 18.5. The fourth-order valence-corrected chi connectivity index (χ4v) is 6.98. The second kappa shape index (κ2) is 19.6. The standard InChI is InChI=1S/2C16H24N2O3S/c2*1-4-6-12-15(5-2)22(17,20)18-16(19)21-13(3)14-10-8-7-9-11-14/h2*4,7-11,13,15H,1,5-6,12H2,2-3H3,(H2,17,18,19,20)/t2*13-,15+,22?/m00/s1. The summed E-state index contributed by atoms with van der Waals surface area (Å²) in [5.41, 5.74) is 1.68. The second-order valence-corrected chi connectivity index (χ2v) is 14.3. The first-order valence-electron chi connectivity index (χ1n) is 14.6. The van der Waals surface area contributed by atoms with Crippen LogP contribution in [0.25, 0.3) is 0 Å². The highest BCUT2D eigenvalue weighted by atomic mass is 32.2. The molecule has 6 atom stereocenters. The maximum absolute atomic E-state index is 12.4. The molecule has 0 aliphatic rings. The van der Waals surface area contributed by atoms with E-state index in [1.54, 1.807) is 26.0 Å². The molecule has 10 nitrogen and oxygen atoms in total. The number of carbonyl (C=O) groups is 2. The van der Waals surface area contributed by atoms with Gasteiger partial charge in [0.25, 0.3) is 0 Å². The predicted molar refractivity (Wildman–Crippen MR) is 178 cm³/mol. The largest absolute Gasteiger partial charge is 0.441 e. The van der Waals surface area contributed by atoms with Crippen LogP contribution in [0.4, 0.5) is 9.59 Å². The molecule has 0 radical (unpaired) electrons. The molecule has 2 unspecified atom stereocenters. The highest BCUT2D eigenvalue weighted by Crippen LogP contribution is 2.19. The number of nitrogens with one attached hydrogen (secondary N) is 4. The zero-order valence-electron chi connectivity index (χ0n) is 26.2. The molecule has 0 aliphatic heterocycles. The topological polar surface area (TPSA) is 158 Å². The Morgan fingerprint density at radius 3 is 1.32 bits per heavy atom. The van der Waals surface area contributed by atoms with Gasteiger partial charge in [-0.1, -0.05) is 86.7 Å². The van der Waals surface area contributed by atoms with E-state index in [0.717, 1.165) is 11.1 Å². The predicted octanol–water partition coefficient (Wildman–Crippen LogP) is 8.36. The molecular formula is C32H48N4O6S2. The molecule has 2 aromatic rings. The highest BCUT2D eigenvalue weighted by Gasteiger charge is 2.24. The fourth-order valence-electron chi connectivity index (χ4n) is 4.18. The zero-order chi connectivity index (χ0) is 33.2. The average Bonchev–Trinajstić information content (AvgIpc) is 2.98. The van der Waals surface area contributed by atoms with Crippen LogP contribution in [0.5, 0.6) is 0 Å². The number of benzene rings is 2. The van der Waals surface area contributed by atoms with Crippen LogP contribution >= 0.6 is 0 Å². The number of carbonyl (C=O) groups excluding carboxylic acids is 2. The van der Waals surface area contributed by atoms with E-state index in [4.69, 9.17) is 19.0 Å². The lowest BCUT2D eigenvalue weighted by Gasteiger charge is -2.20.